The van der Waals surface area contributed by atoms with Crippen molar-refractivity contribution >= 4 is 12.3 Å². The number of benzene rings is 2. The van der Waals surface area contributed by atoms with E-state index in [0.717, 1.165) is 17.5 Å². The molecule has 0 saturated carbocycles. The minimum Gasteiger partial charge on any atom is -0.445 e. The second-order valence-electron chi connectivity index (χ2n) is 4.79. The largest absolute Gasteiger partial charge is 0.445 e. The molecule has 0 aliphatic rings. The van der Waals surface area contributed by atoms with Gasteiger partial charge in [-0.1, -0.05) is 60.7 Å². The van der Waals surface area contributed by atoms with E-state index in [-0.39, 0.29) is 0 Å². The van der Waals surface area contributed by atoms with Crippen LogP contribution in [-0.4, -0.2) is 25.4 Å². The van der Waals surface area contributed by atoms with E-state index in [1.165, 1.54) is 0 Å². The zero-order valence-corrected chi connectivity index (χ0v) is 12.4. The number of nitrogens with zero attached hydrogens (tertiary/aromatic N) is 1. The lowest BCUT2D eigenvalue weighted by molar-refractivity contribution is 0.139. The number of nitrogens with one attached hydrogen (secondary N) is 1. The van der Waals surface area contributed by atoms with Gasteiger partial charge in [-0.15, -0.1) is 0 Å². The van der Waals surface area contributed by atoms with Crippen molar-refractivity contribution < 1.29 is 9.53 Å². The minimum absolute atomic E-state index is 0.291. The number of hydrogen-bond acceptors (Lipinski definition) is 3. The summed E-state index contributed by atoms with van der Waals surface area (Å²) < 4.78 is 5.12. The first-order chi connectivity index (χ1) is 10.8. The normalized spacial score (nSPS) is 10.5. The Hall–Kier alpha value is -2.62. The van der Waals surface area contributed by atoms with E-state index < -0.39 is 6.09 Å². The molecule has 0 aromatic heterocycles. The van der Waals surface area contributed by atoms with Gasteiger partial charge >= 0.3 is 6.09 Å². The highest BCUT2D eigenvalue weighted by Crippen LogP contribution is 2.00. The van der Waals surface area contributed by atoms with E-state index in [4.69, 9.17) is 4.74 Å². The summed E-state index contributed by atoms with van der Waals surface area (Å²) in [6, 6.07) is 19.5. The van der Waals surface area contributed by atoms with Crippen LogP contribution in [0.2, 0.25) is 0 Å². The Morgan fingerprint density at radius 1 is 1.05 bits per heavy atom. The van der Waals surface area contributed by atoms with Gasteiger partial charge in [0, 0.05) is 19.3 Å². The molecule has 0 heterocycles. The zero-order valence-electron chi connectivity index (χ0n) is 12.4. The predicted molar refractivity (Wildman–Crippen MR) is 88.1 cm³/mol. The molecule has 0 aliphatic carbocycles. The molecule has 22 heavy (non-hydrogen) atoms. The van der Waals surface area contributed by atoms with Crippen LogP contribution in [-0.2, 0) is 11.3 Å². The number of carbonyl (C=O) groups is 1. The van der Waals surface area contributed by atoms with E-state index in [9.17, 15) is 4.79 Å². The van der Waals surface area contributed by atoms with Gasteiger partial charge in [0.2, 0.25) is 0 Å². The van der Waals surface area contributed by atoms with Crippen LogP contribution in [0, 0.1) is 0 Å². The lowest BCUT2D eigenvalue weighted by Gasteiger charge is -2.06. The van der Waals surface area contributed by atoms with E-state index in [2.05, 4.69) is 10.3 Å². The number of hydrogen-bond donors (Lipinski definition) is 1. The molecule has 0 radical (unpaired) electrons. The van der Waals surface area contributed by atoms with Gasteiger partial charge in [-0.3, -0.25) is 4.99 Å². The van der Waals surface area contributed by atoms with Gasteiger partial charge in [0.05, 0.1) is 0 Å². The smallest absolute Gasteiger partial charge is 0.407 e. The second-order valence-corrected chi connectivity index (χ2v) is 4.79. The molecular formula is C18H20N2O2. The molecule has 4 heteroatoms. The topological polar surface area (TPSA) is 50.7 Å². The average Bonchev–Trinajstić information content (AvgIpc) is 2.58. The average molecular weight is 296 g/mol. The first kappa shape index (κ1) is 15.8. The second kappa shape index (κ2) is 9.34. The van der Waals surface area contributed by atoms with Gasteiger partial charge in [-0.2, -0.15) is 0 Å². The summed E-state index contributed by atoms with van der Waals surface area (Å²) in [4.78, 5) is 15.8. The van der Waals surface area contributed by atoms with E-state index in [0.29, 0.717) is 19.7 Å². The summed E-state index contributed by atoms with van der Waals surface area (Å²) in [5, 5.41) is 2.72. The SMILES string of the molecule is O=C(NCCCN=Cc1ccccc1)OCc1ccccc1. The Labute approximate surface area is 130 Å². The van der Waals surface area contributed by atoms with Crippen LogP contribution in [0.1, 0.15) is 17.5 Å². The highest BCUT2D eigenvalue weighted by molar-refractivity contribution is 5.79. The summed E-state index contributed by atoms with van der Waals surface area (Å²) in [7, 11) is 0. The summed E-state index contributed by atoms with van der Waals surface area (Å²) in [5.41, 5.74) is 2.06. The van der Waals surface area contributed by atoms with E-state index in [1.54, 1.807) is 0 Å². The van der Waals surface area contributed by atoms with Crippen molar-refractivity contribution in [3.05, 3.63) is 71.8 Å². The Kier molecular flexibility index (Phi) is 6.69. The molecule has 1 N–H and O–H groups in total. The monoisotopic (exact) mass is 296 g/mol. The fourth-order valence-electron chi connectivity index (χ4n) is 1.84. The minimum atomic E-state index is -0.393. The zero-order chi connectivity index (χ0) is 15.5. The number of aliphatic imine (C=N–C) groups is 1. The number of alkyl carbamates (subject to hydrolysis) is 1. The molecular weight excluding hydrogens is 276 g/mol. The molecule has 4 nitrogen and oxygen atoms in total. The third kappa shape index (κ3) is 6.22. The molecule has 0 fully saturated rings. The van der Waals surface area contributed by atoms with Crippen molar-refractivity contribution in [1.82, 2.24) is 5.32 Å². The van der Waals surface area contributed by atoms with Crippen LogP contribution in [0.5, 0.6) is 0 Å². The highest BCUT2D eigenvalue weighted by Gasteiger charge is 2.00. The molecule has 1 amide bonds. The molecule has 2 aromatic rings. The van der Waals surface area contributed by atoms with Crippen molar-refractivity contribution in [2.45, 2.75) is 13.0 Å². The van der Waals surface area contributed by atoms with Crippen LogP contribution in [0.3, 0.4) is 0 Å². The molecule has 0 atom stereocenters. The van der Waals surface area contributed by atoms with Gasteiger partial charge < -0.3 is 10.1 Å². The standard InChI is InChI=1S/C18H20N2O2/c21-18(22-15-17-10-5-2-6-11-17)20-13-7-12-19-14-16-8-3-1-4-9-16/h1-6,8-11,14H,7,12-13,15H2,(H,20,21). The summed E-state index contributed by atoms with van der Waals surface area (Å²) in [6.07, 6.45) is 2.23. The Bertz CT molecular complexity index is 583. The van der Waals surface area contributed by atoms with Crippen molar-refractivity contribution in [3.8, 4) is 0 Å². The van der Waals surface area contributed by atoms with Gasteiger partial charge in [-0.05, 0) is 17.5 Å². The third-order valence-corrected chi connectivity index (χ3v) is 2.99. The van der Waals surface area contributed by atoms with Gasteiger partial charge in [0.25, 0.3) is 0 Å². The van der Waals surface area contributed by atoms with Crippen LogP contribution in [0.4, 0.5) is 4.79 Å². The molecule has 0 aliphatic heterocycles. The number of ether oxygens (including phenoxy) is 1. The van der Waals surface area contributed by atoms with Crippen LogP contribution >= 0.6 is 0 Å². The quantitative estimate of drug-likeness (QED) is 0.628. The first-order valence-electron chi connectivity index (χ1n) is 7.34. The number of amides is 1. The first-order valence-corrected chi connectivity index (χ1v) is 7.34. The predicted octanol–water partition coefficient (Wildman–Crippen LogP) is 3.42. The molecule has 2 rings (SSSR count). The van der Waals surface area contributed by atoms with Gasteiger partial charge in [0.15, 0.2) is 0 Å². The lowest BCUT2D eigenvalue weighted by atomic mass is 10.2. The van der Waals surface area contributed by atoms with E-state index in [1.807, 2.05) is 66.9 Å². The molecule has 0 saturated heterocycles. The molecule has 114 valence electrons. The number of carbonyl (C=O) groups excluding carboxylic acids is 1. The van der Waals surface area contributed by atoms with Crippen LogP contribution in [0.25, 0.3) is 0 Å². The summed E-state index contributed by atoms with van der Waals surface area (Å²) in [6.45, 7) is 1.52. The van der Waals surface area contributed by atoms with Gasteiger partial charge in [0.1, 0.15) is 6.61 Å². The Balaban J connectivity index is 1.55. The van der Waals surface area contributed by atoms with Crippen molar-refractivity contribution in [2.75, 3.05) is 13.1 Å². The molecule has 0 unspecified atom stereocenters. The Morgan fingerprint density at radius 2 is 1.73 bits per heavy atom. The summed E-state index contributed by atoms with van der Waals surface area (Å²) >= 11 is 0. The maximum absolute atomic E-state index is 11.5. The molecule has 0 bridgehead atoms. The van der Waals surface area contributed by atoms with Gasteiger partial charge in [-0.25, -0.2) is 4.79 Å². The van der Waals surface area contributed by atoms with Crippen molar-refractivity contribution in [2.24, 2.45) is 4.99 Å². The van der Waals surface area contributed by atoms with Crippen molar-refractivity contribution in [3.63, 3.8) is 0 Å². The van der Waals surface area contributed by atoms with Crippen LogP contribution < -0.4 is 5.32 Å². The molecule has 2 aromatic carbocycles. The van der Waals surface area contributed by atoms with E-state index >= 15 is 0 Å². The fourth-order valence-corrected chi connectivity index (χ4v) is 1.84. The maximum Gasteiger partial charge on any atom is 0.407 e. The Morgan fingerprint density at radius 3 is 2.45 bits per heavy atom. The number of rotatable bonds is 7. The van der Waals surface area contributed by atoms with Crippen LogP contribution in [0.15, 0.2) is 65.7 Å². The molecule has 0 spiro atoms. The summed E-state index contributed by atoms with van der Waals surface area (Å²) in [5.74, 6) is 0. The fraction of sp³-hybridized carbons (Fsp3) is 0.222. The lowest BCUT2D eigenvalue weighted by Crippen LogP contribution is -2.25. The third-order valence-electron chi connectivity index (χ3n) is 2.99. The highest BCUT2D eigenvalue weighted by atomic mass is 16.5. The maximum atomic E-state index is 11.5. The van der Waals surface area contributed by atoms with Crippen molar-refractivity contribution in [1.29, 1.82) is 0 Å².